The van der Waals surface area contributed by atoms with Crippen LogP contribution in [-0.4, -0.2) is 0 Å². The van der Waals surface area contributed by atoms with Crippen LogP contribution in [0.3, 0.4) is 0 Å². The Kier molecular flexibility index (Phi) is 7.70. The molecule has 0 aliphatic carbocycles. The molecule has 0 atom stereocenters. The van der Waals surface area contributed by atoms with Gasteiger partial charge in [-0.25, -0.2) is 0 Å². The van der Waals surface area contributed by atoms with E-state index in [4.69, 9.17) is 8.83 Å². The number of aryl methyl sites for hydroxylation is 4. The molecule has 0 saturated carbocycles. The van der Waals surface area contributed by atoms with E-state index in [0.717, 1.165) is 99.5 Å². The van der Waals surface area contributed by atoms with Crippen LogP contribution in [0.25, 0.3) is 65.4 Å². The molecule has 9 aromatic carbocycles. The first-order valence-corrected chi connectivity index (χ1v) is 19.9. The topological polar surface area (TPSA) is 32.8 Å². The molecular formula is C54H40N2O2. The predicted molar refractivity (Wildman–Crippen MR) is 244 cm³/mol. The van der Waals surface area contributed by atoms with Gasteiger partial charge in [-0.05, 0) is 181 Å². The maximum Gasteiger partial charge on any atom is 0.147 e. The number of rotatable bonds is 6. The van der Waals surface area contributed by atoms with Crippen LogP contribution in [0.15, 0.2) is 179 Å². The number of fused-ring (bicyclic) bond motifs is 9. The third kappa shape index (κ3) is 5.52. The molecule has 278 valence electrons. The van der Waals surface area contributed by atoms with Crippen LogP contribution in [0.2, 0.25) is 0 Å². The summed E-state index contributed by atoms with van der Waals surface area (Å²) in [5.74, 6) is 0. The summed E-state index contributed by atoms with van der Waals surface area (Å²) >= 11 is 0. The minimum Gasteiger partial charge on any atom is -0.456 e. The van der Waals surface area contributed by atoms with E-state index in [9.17, 15) is 0 Å². The van der Waals surface area contributed by atoms with Crippen molar-refractivity contribution in [3.63, 3.8) is 0 Å². The maximum atomic E-state index is 6.84. The second-order valence-corrected chi connectivity index (χ2v) is 15.7. The Bertz CT molecular complexity index is 3400. The quantitative estimate of drug-likeness (QED) is 0.170. The molecule has 2 aromatic heterocycles. The van der Waals surface area contributed by atoms with E-state index in [1.165, 1.54) is 22.3 Å². The predicted octanol–water partition coefficient (Wildman–Crippen LogP) is 16.0. The van der Waals surface area contributed by atoms with Gasteiger partial charge in [-0.2, -0.15) is 0 Å². The summed E-state index contributed by atoms with van der Waals surface area (Å²) in [6, 6.07) is 61.0. The van der Waals surface area contributed by atoms with Crippen molar-refractivity contribution in [3.8, 4) is 0 Å². The summed E-state index contributed by atoms with van der Waals surface area (Å²) in [4.78, 5) is 4.65. The number of benzene rings is 9. The van der Waals surface area contributed by atoms with E-state index < -0.39 is 0 Å². The Balaban J connectivity index is 1.04. The van der Waals surface area contributed by atoms with Crippen LogP contribution in [0, 0.1) is 27.7 Å². The highest BCUT2D eigenvalue weighted by molar-refractivity contribution is 6.24. The maximum absolute atomic E-state index is 6.84. The van der Waals surface area contributed by atoms with Crippen molar-refractivity contribution in [1.29, 1.82) is 0 Å². The Morgan fingerprint density at radius 3 is 1.33 bits per heavy atom. The van der Waals surface area contributed by atoms with Crippen molar-refractivity contribution >= 4 is 99.5 Å². The summed E-state index contributed by atoms with van der Waals surface area (Å²) in [5.41, 5.74) is 15.1. The molecule has 0 radical (unpaired) electrons. The van der Waals surface area contributed by atoms with E-state index in [2.05, 4.69) is 207 Å². The van der Waals surface area contributed by atoms with Gasteiger partial charge in [0.2, 0.25) is 0 Å². The van der Waals surface area contributed by atoms with E-state index in [0.29, 0.717) is 0 Å². The van der Waals surface area contributed by atoms with Crippen LogP contribution < -0.4 is 9.80 Å². The molecule has 0 spiro atoms. The van der Waals surface area contributed by atoms with Gasteiger partial charge in [0.1, 0.15) is 22.3 Å². The number of nitrogens with zero attached hydrogens (tertiary/aromatic N) is 2. The largest absolute Gasteiger partial charge is 0.456 e. The summed E-state index contributed by atoms with van der Waals surface area (Å²) in [7, 11) is 0. The monoisotopic (exact) mass is 748 g/mol. The van der Waals surface area contributed by atoms with Gasteiger partial charge in [0.05, 0.1) is 5.39 Å². The number of hydrogen-bond donors (Lipinski definition) is 0. The second-order valence-electron chi connectivity index (χ2n) is 15.7. The number of para-hydroxylation sites is 2. The van der Waals surface area contributed by atoms with Crippen molar-refractivity contribution in [2.75, 3.05) is 9.80 Å². The fourth-order valence-corrected chi connectivity index (χ4v) is 8.61. The first-order valence-electron chi connectivity index (χ1n) is 19.9. The van der Waals surface area contributed by atoms with Crippen LogP contribution in [0.4, 0.5) is 34.1 Å². The first kappa shape index (κ1) is 34.0. The highest BCUT2D eigenvalue weighted by atomic mass is 16.3. The standard InChI is InChI=1S/C54H40N2O2/c1-33-15-19-43(25-35(33)3)55(41-11-7-5-8-12-41)45-21-17-37-29-48-47-23-24-50-53(54(47)58-51(48)31-39(37)27-45)49-30-38-18-22-46(28-40(38)32-52(49)57-50)56(42-13-9-6-10-14-42)44-20-16-34(2)36(4)26-44/h5-32H,1-4H3. The van der Waals surface area contributed by atoms with Crippen LogP contribution >= 0.6 is 0 Å². The van der Waals surface area contributed by atoms with Crippen LogP contribution in [-0.2, 0) is 0 Å². The Hall–Kier alpha value is -7.30. The van der Waals surface area contributed by atoms with Gasteiger partial charge in [-0.1, -0.05) is 60.7 Å². The van der Waals surface area contributed by atoms with Crippen molar-refractivity contribution in [2.45, 2.75) is 27.7 Å². The lowest BCUT2D eigenvalue weighted by atomic mass is 10.0. The molecule has 0 fully saturated rings. The fourth-order valence-electron chi connectivity index (χ4n) is 8.61. The minimum atomic E-state index is 0.817. The molecular weight excluding hydrogens is 709 g/mol. The SMILES string of the molecule is Cc1ccc(N(c2ccccc2)c2ccc3cc4c(cc3c2)oc2c4ccc3oc4cc5cc(N(c6ccccc6)c6ccc(C)c(C)c6)ccc5cc4c32)cc1C. The third-order valence-electron chi connectivity index (χ3n) is 12.0. The van der Waals surface area contributed by atoms with Crippen LogP contribution in [0.1, 0.15) is 22.3 Å². The van der Waals surface area contributed by atoms with E-state index in [1.54, 1.807) is 0 Å². The normalized spacial score (nSPS) is 11.8. The third-order valence-corrected chi connectivity index (χ3v) is 12.0. The molecule has 0 saturated heterocycles. The van der Waals surface area contributed by atoms with Crippen molar-refractivity contribution in [1.82, 2.24) is 0 Å². The Morgan fingerprint density at radius 2 is 0.793 bits per heavy atom. The molecule has 2 heterocycles. The molecule has 11 aromatic rings. The first-order chi connectivity index (χ1) is 28.4. The average Bonchev–Trinajstić information content (AvgIpc) is 3.79. The summed E-state index contributed by atoms with van der Waals surface area (Å²) in [6.45, 7) is 8.66. The summed E-state index contributed by atoms with van der Waals surface area (Å²) in [5, 5.41) is 8.77. The molecule has 4 heteroatoms. The van der Waals surface area contributed by atoms with Gasteiger partial charge in [0.15, 0.2) is 0 Å². The van der Waals surface area contributed by atoms with Crippen molar-refractivity contribution < 1.29 is 8.83 Å². The van der Waals surface area contributed by atoms with Gasteiger partial charge in [-0.3, -0.25) is 0 Å². The summed E-state index contributed by atoms with van der Waals surface area (Å²) in [6.07, 6.45) is 0. The van der Waals surface area contributed by atoms with Gasteiger partial charge in [0.25, 0.3) is 0 Å². The van der Waals surface area contributed by atoms with E-state index in [-0.39, 0.29) is 0 Å². The number of anilines is 6. The lowest BCUT2D eigenvalue weighted by Crippen LogP contribution is -2.10. The second kappa shape index (κ2) is 13.1. The molecule has 0 aliphatic heterocycles. The Morgan fingerprint density at radius 1 is 0.310 bits per heavy atom. The zero-order chi connectivity index (χ0) is 39.1. The molecule has 0 aliphatic rings. The van der Waals surface area contributed by atoms with Gasteiger partial charge in [0, 0.05) is 50.3 Å². The zero-order valence-corrected chi connectivity index (χ0v) is 32.9. The molecule has 0 unspecified atom stereocenters. The summed E-state index contributed by atoms with van der Waals surface area (Å²) < 4.78 is 13.4. The molecule has 0 N–H and O–H groups in total. The highest BCUT2D eigenvalue weighted by Crippen LogP contribution is 2.44. The van der Waals surface area contributed by atoms with Crippen LogP contribution in [0.5, 0.6) is 0 Å². The van der Waals surface area contributed by atoms with E-state index in [1.807, 2.05) is 0 Å². The van der Waals surface area contributed by atoms with E-state index >= 15 is 0 Å². The molecule has 58 heavy (non-hydrogen) atoms. The van der Waals surface area contributed by atoms with Crippen molar-refractivity contribution in [2.24, 2.45) is 0 Å². The van der Waals surface area contributed by atoms with Crippen molar-refractivity contribution in [3.05, 3.63) is 192 Å². The lowest BCUT2D eigenvalue weighted by Gasteiger charge is -2.26. The zero-order valence-electron chi connectivity index (χ0n) is 32.9. The Labute approximate surface area is 336 Å². The van der Waals surface area contributed by atoms with Gasteiger partial charge in [-0.15, -0.1) is 0 Å². The molecule has 11 rings (SSSR count). The average molecular weight is 749 g/mol. The fraction of sp³-hybridized carbons (Fsp3) is 0.0741. The number of furan rings is 2. The molecule has 0 amide bonds. The minimum absolute atomic E-state index is 0.817. The smallest absolute Gasteiger partial charge is 0.147 e. The lowest BCUT2D eigenvalue weighted by molar-refractivity contribution is 0.663. The van der Waals surface area contributed by atoms with Gasteiger partial charge < -0.3 is 18.6 Å². The van der Waals surface area contributed by atoms with Gasteiger partial charge >= 0.3 is 0 Å². The number of hydrogen-bond acceptors (Lipinski definition) is 4. The highest BCUT2D eigenvalue weighted by Gasteiger charge is 2.20. The molecule has 0 bridgehead atoms. The molecule has 4 nitrogen and oxygen atoms in total.